The molecule has 4 aromatic rings. The zero-order valence-electron chi connectivity index (χ0n) is 17.7. The molecule has 0 bridgehead atoms. The average Bonchev–Trinajstić information content (AvgIpc) is 3.07. The second kappa shape index (κ2) is 8.76. The van der Waals surface area contributed by atoms with Crippen LogP contribution in [-0.2, 0) is 11.2 Å². The number of carbonyl (C=O) groups is 1. The lowest BCUT2D eigenvalue weighted by Crippen LogP contribution is -2.27. The van der Waals surface area contributed by atoms with Gasteiger partial charge in [-0.3, -0.25) is 18.8 Å². The van der Waals surface area contributed by atoms with E-state index in [0.717, 1.165) is 16.9 Å². The number of carbonyl (C=O) groups excluding carboxylic acids is 1. The summed E-state index contributed by atoms with van der Waals surface area (Å²) in [5.41, 5.74) is 2.18. The smallest absolute Gasteiger partial charge is 0.308 e. The first-order chi connectivity index (χ1) is 15.4. The average molecular weight is 449 g/mol. The van der Waals surface area contributed by atoms with Crippen LogP contribution in [0.4, 0.5) is 0 Å². The molecule has 2 aromatic heterocycles. The lowest BCUT2D eigenvalue weighted by molar-refractivity contribution is -0.132. The van der Waals surface area contributed by atoms with E-state index in [9.17, 15) is 14.4 Å². The van der Waals surface area contributed by atoms with Crippen LogP contribution >= 0.6 is 11.3 Å². The van der Waals surface area contributed by atoms with Gasteiger partial charge in [0.25, 0.3) is 11.1 Å². The number of fused-ring (bicyclic) bond motifs is 1. The quantitative estimate of drug-likeness (QED) is 0.344. The topological polar surface area (TPSA) is 87.0 Å². The van der Waals surface area contributed by atoms with Crippen LogP contribution in [0.15, 0.2) is 58.1 Å². The van der Waals surface area contributed by atoms with E-state index in [2.05, 4.69) is 4.98 Å². The van der Waals surface area contributed by atoms with Gasteiger partial charge in [-0.15, -0.1) is 0 Å². The highest BCUT2D eigenvalue weighted by Gasteiger charge is 2.15. The van der Waals surface area contributed by atoms with Crippen LogP contribution in [0.5, 0.6) is 11.5 Å². The van der Waals surface area contributed by atoms with Crippen molar-refractivity contribution in [3.8, 4) is 11.5 Å². The summed E-state index contributed by atoms with van der Waals surface area (Å²) in [5.74, 6) is 0.213. The summed E-state index contributed by atoms with van der Waals surface area (Å²) in [6.07, 6.45) is 2.10. The van der Waals surface area contributed by atoms with E-state index in [1.807, 2.05) is 30.3 Å². The molecule has 0 aliphatic carbocycles. The van der Waals surface area contributed by atoms with Gasteiger partial charge in [-0.1, -0.05) is 47.7 Å². The minimum atomic E-state index is -0.455. The van der Waals surface area contributed by atoms with Gasteiger partial charge >= 0.3 is 5.97 Å². The maximum absolute atomic E-state index is 13.1. The van der Waals surface area contributed by atoms with Gasteiger partial charge < -0.3 is 9.47 Å². The summed E-state index contributed by atoms with van der Waals surface area (Å²) in [4.78, 5) is 41.5. The molecule has 0 amide bonds. The van der Waals surface area contributed by atoms with Gasteiger partial charge in [0.05, 0.1) is 11.6 Å². The lowest BCUT2D eigenvalue weighted by Gasteiger charge is -2.08. The number of ether oxygens (including phenoxy) is 2. The van der Waals surface area contributed by atoms with E-state index in [1.54, 1.807) is 31.2 Å². The fourth-order valence-corrected chi connectivity index (χ4v) is 4.47. The predicted molar refractivity (Wildman–Crippen MR) is 123 cm³/mol. The fraction of sp³-hybridized carbons (Fsp3) is 0.167. The highest BCUT2D eigenvalue weighted by molar-refractivity contribution is 7.15. The Balaban J connectivity index is 1.81. The van der Waals surface area contributed by atoms with Crippen molar-refractivity contribution in [2.45, 2.75) is 20.3 Å². The number of rotatable bonds is 5. The third kappa shape index (κ3) is 4.17. The van der Waals surface area contributed by atoms with Crippen LogP contribution in [-0.4, -0.2) is 22.5 Å². The van der Waals surface area contributed by atoms with Crippen molar-refractivity contribution in [1.82, 2.24) is 9.38 Å². The highest BCUT2D eigenvalue weighted by atomic mass is 32.1. The molecule has 0 atom stereocenters. The lowest BCUT2D eigenvalue weighted by atomic mass is 10.1. The van der Waals surface area contributed by atoms with Crippen LogP contribution < -0.4 is 25.1 Å². The van der Waals surface area contributed by atoms with Crippen molar-refractivity contribution in [3.05, 3.63) is 96.2 Å². The Kier molecular flexibility index (Phi) is 5.87. The molecule has 0 radical (unpaired) electrons. The third-order valence-corrected chi connectivity index (χ3v) is 5.97. The first-order valence-electron chi connectivity index (χ1n) is 9.84. The molecule has 0 fully saturated rings. The number of thiazole rings is 1. The molecule has 0 saturated carbocycles. The number of hydrogen-bond donors (Lipinski definition) is 0. The molecule has 4 rings (SSSR count). The van der Waals surface area contributed by atoms with E-state index in [1.165, 1.54) is 18.4 Å². The molecule has 0 N–H and O–H groups in total. The second-order valence-corrected chi connectivity index (χ2v) is 8.19. The van der Waals surface area contributed by atoms with Gasteiger partial charge in [-0.25, -0.2) is 0 Å². The Morgan fingerprint density at radius 1 is 1.12 bits per heavy atom. The van der Waals surface area contributed by atoms with Gasteiger partial charge in [0.1, 0.15) is 0 Å². The maximum Gasteiger partial charge on any atom is 0.308 e. The van der Waals surface area contributed by atoms with Crippen molar-refractivity contribution in [3.63, 3.8) is 0 Å². The molecular formula is C24H20N2O5S. The Morgan fingerprint density at radius 2 is 1.88 bits per heavy atom. The molecular weight excluding hydrogens is 428 g/mol. The largest absolute Gasteiger partial charge is 0.493 e. The molecule has 8 heteroatoms. The van der Waals surface area contributed by atoms with Crippen molar-refractivity contribution in [1.29, 1.82) is 0 Å². The molecule has 162 valence electrons. The Morgan fingerprint density at radius 3 is 2.56 bits per heavy atom. The summed E-state index contributed by atoms with van der Waals surface area (Å²) in [7, 11) is 1.47. The maximum atomic E-state index is 13.1. The van der Waals surface area contributed by atoms with Crippen molar-refractivity contribution >= 4 is 28.3 Å². The standard InChI is InChI=1S/C24H20N2O5S/c1-14-18(11-16-7-5-4-6-8-16)22(28)25-24-26(14)23(29)21(32-24)13-17-9-10-19(31-15(2)27)20(12-17)30-3/h4-10,12-13H,11H2,1-3H3. The molecule has 0 aliphatic heterocycles. The molecule has 2 aromatic carbocycles. The first kappa shape index (κ1) is 21.5. The molecule has 32 heavy (non-hydrogen) atoms. The van der Waals surface area contributed by atoms with Gasteiger partial charge in [-0.2, -0.15) is 4.98 Å². The predicted octanol–water partition coefficient (Wildman–Crippen LogP) is 2.50. The van der Waals surface area contributed by atoms with Gasteiger partial charge in [-0.05, 0) is 36.3 Å². The van der Waals surface area contributed by atoms with Crippen molar-refractivity contribution < 1.29 is 14.3 Å². The molecule has 0 spiro atoms. The van der Waals surface area contributed by atoms with Gasteiger partial charge in [0.15, 0.2) is 11.5 Å². The molecule has 0 unspecified atom stereocenters. The zero-order chi connectivity index (χ0) is 22.8. The second-order valence-electron chi connectivity index (χ2n) is 7.18. The van der Waals surface area contributed by atoms with Crippen molar-refractivity contribution in [2.24, 2.45) is 0 Å². The molecule has 0 aliphatic rings. The van der Waals surface area contributed by atoms with E-state index in [4.69, 9.17) is 9.47 Å². The van der Waals surface area contributed by atoms with Gasteiger partial charge in [0.2, 0.25) is 4.96 Å². The van der Waals surface area contributed by atoms with Crippen LogP contribution in [0.3, 0.4) is 0 Å². The van der Waals surface area contributed by atoms with Gasteiger partial charge in [0, 0.05) is 24.6 Å². The SMILES string of the molecule is COc1cc(C=c2sc3nc(=O)c(Cc4ccccc4)c(C)n3c2=O)ccc1OC(C)=O. The molecule has 0 saturated heterocycles. The van der Waals surface area contributed by atoms with Crippen LogP contribution in [0.1, 0.15) is 29.3 Å². The zero-order valence-corrected chi connectivity index (χ0v) is 18.6. The minimum absolute atomic E-state index is 0.243. The van der Waals surface area contributed by atoms with Crippen molar-refractivity contribution in [2.75, 3.05) is 7.11 Å². The number of aromatic nitrogens is 2. The number of methoxy groups -OCH3 is 1. The number of nitrogens with zero attached hydrogens (tertiary/aromatic N) is 2. The Labute approximate surface area is 187 Å². The summed E-state index contributed by atoms with van der Waals surface area (Å²) in [6.45, 7) is 3.08. The third-order valence-electron chi connectivity index (χ3n) is 5.00. The normalized spacial score (nSPS) is 11.7. The Hall–Kier alpha value is -3.78. The first-order valence-corrected chi connectivity index (χ1v) is 10.7. The number of benzene rings is 2. The molecule has 2 heterocycles. The number of hydrogen-bond acceptors (Lipinski definition) is 7. The summed E-state index contributed by atoms with van der Waals surface area (Å²) in [6, 6.07) is 14.6. The summed E-state index contributed by atoms with van der Waals surface area (Å²) >= 11 is 1.15. The monoisotopic (exact) mass is 448 g/mol. The van der Waals surface area contributed by atoms with E-state index < -0.39 is 5.97 Å². The van der Waals surface area contributed by atoms with E-state index in [-0.39, 0.29) is 11.1 Å². The fourth-order valence-electron chi connectivity index (χ4n) is 3.46. The van der Waals surface area contributed by atoms with E-state index >= 15 is 0 Å². The van der Waals surface area contributed by atoms with Crippen LogP contribution in [0.25, 0.3) is 11.0 Å². The highest BCUT2D eigenvalue weighted by Crippen LogP contribution is 2.28. The Bertz CT molecular complexity index is 1490. The summed E-state index contributed by atoms with van der Waals surface area (Å²) in [5, 5.41) is 0. The number of aryl methyl sites for hydroxylation is 1. The minimum Gasteiger partial charge on any atom is -0.493 e. The number of esters is 1. The summed E-state index contributed by atoms with van der Waals surface area (Å²) < 4.78 is 12.3. The van der Waals surface area contributed by atoms with E-state index in [0.29, 0.717) is 44.2 Å². The molecule has 7 nitrogen and oxygen atoms in total. The van der Waals surface area contributed by atoms with Crippen LogP contribution in [0.2, 0.25) is 0 Å². The van der Waals surface area contributed by atoms with Crippen LogP contribution in [0, 0.1) is 6.92 Å².